The van der Waals surface area contributed by atoms with Gasteiger partial charge in [0.25, 0.3) is 5.56 Å². The van der Waals surface area contributed by atoms with E-state index in [1.807, 2.05) is 42.5 Å². The van der Waals surface area contributed by atoms with E-state index in [4.69, 9.17) is 0 Å². The number of amides is 1. The number of aryl methyl sites for hydroxylation is 2. The molecular formula is C29H25F2N5O2. The Morgan fingerprint density at radius 3 is 2.66 bits per heavy atom. The molecule has 0 saturated carbocycles. The number of hydrogen-bond acceptors (Lipinski definition) is 4. The first-order valence-electron chi connectivity index (χ1n) is 12.2. The van der Waals surface area contributed by atoms with Gasteiger partial charge in [-0.2, -0.15) is 0 Å². The summed E-state index contributed by atoms with van der Waals surface area (Å²) in [5.74, 6) is -1.83. The Morgan fingerprint density at radius 2 is 1.84 bits per heavy atom. The van der Waals surface area contributed by atoms with Crippen LogP contribution in [0.3, 0.4) is 0 Å². The maximum Gasteiger partial charge on any atom is 0.273 e. The lowest BCUT2D eigenvalue weighted by atomic mass is 10.1. The fourth-order valence-electron chi connectivity index (χ4n) is 4.39. The Morgan fingerprint density at radius 1 is 1.00 bits per heavy atom. The van der Waals surface area contributed by atoms with Crippen molar-refractivity contribution in [3.8, 4) is 11.3 Å². The minimum atomic E-state index is -0.717. The second-order valence-electron chi connectivity index (χ2n) is 8.98. The third kappa shape index (κ3) is 5.67. The van der Waals surface area contributed by atoms with Gasteiger partial charge >= 0.3 is 0 Å². The Hall–Kier alpha value is -4.66. The molecule has 0 aliphatic carbocycles. The number of nitrogens with one attached hydrogen (secondary N) is 2. The van der Waals surface area contributed by atoms with Crippen LogP contribution in [0.15, 0.2) is 84.0 Å². The molecule has 5 aromatic rings. The highest BCUT2D eigenvalue weighted by molar-refractivity contribution is 5.80. The molecule has 38 heavy (non-hydrogen) atoms. The molecule has 2 aromatic carbocycles. The van der Waals surface area contributed by atoms with Gasteiger partial charge < -0.3 is 10.3 Å². The number of carbonyl (C=O) groups is 1. The molecule has 0 radical (unpaired) electrons. The zero-order valence-corrected chi connectivity index (χ0v) is 20.5. The summed E-state index contributed by atoms with van der Waals surface area (Å²) in [6.07, 6.45) is 6.51. The summed E-state index contributed by atoms with van der Waals surface area (Å²) in [5, 5.41) is 3.69. The van der Waals surface area contributed by atoms with Gasteiger partial charge in [-0.05, 0) is 55.2 Å². The van der Waals surface area contributed by atoms with Gasteiger partial charge in [-0.15, -0.1) is 0 Å². The van der Waals surface area contributed by atoms with Crippen molar-refractivity contribution < 1.29 is 13.6 Å². The first kappa shape index (κ1) is 25.0. The number of fused-ring (bicyclic) bond motifs is 1. The van der Waals surface area contributed by atoms with Crippen LogP contribution in [-0.2, 0) is 30.7 Å². The van der Waals surface area contributed by atoms with E-state index in [0.717, 1.165) is 51.3 Å². The van der Waals surface area contributed by atoms with E-state index in [0.29, 0.717) is 12.8 Å². The highest BCUT2D eigenvalue weighted by Gasteiger charge is 2.18. The lowest BCUT2D eigenvalue weighted by molar-refractivity contribution is -0.121. The number of halogens is 2. The SMILES string of the molecule is O=C(Cn1c(-c2cc(F)ccc2F)cnc(CCCc2ccccc2)c1=O)NCc1cc2cnccc2[nH]1. The summed E-state index contributed by atoms with van der Waals surface area (Å²) >= 11 is 0. The van der Waals surface area contributed by atoms with Crippen LogP contribution < -0.4 is 10.9 Å². The summed E-state index contributed by atoms with van der Waals surface area (Å²) in [6.45, 7) is -0.180. The molecule has 192 valence electrons. The molecule has 0 bridgehead atoms. The zero-order valence-electron chi connectivity index (χ0n) is 20.5. The largest absolute Gasteiger partial charge is 0.357 e. The average molecular weight is 514 g/mol. The number of hydrogen-bond donors (Lipinski definition) is 2. The average Bonchev–Trinajstić information content (AvgIpc) is 3.35. The first-order chi connectivity index (χ1) is 18.5. The van der Waals surface area contributed by atoms with Crippen molar-refractivity contribution in [1.29, 1.82) is 0 Å². The molecule has 0 unspecified atom stereocenters. The van der Waals surface area contributed by atoms with Crippen molar-refractivity contribution >= 4 is 16.8 Å². The minimum Gasteiger partial charge on any atom is -0.357 e. The Bertz CT molecular complexity index is 1610. The maximum atomic E-state index is 14.6. The quantitative estimate of drug-likeness (QED) is 0.302. The molecule has 0 spiro atoms. The number of rotatable bonds is 9. The smallest absolute Gasteiger partial charge is 0.273 e. The zero-order chi connectivity index (χ0) is 26.5. The van der Waals surface area contributed by atoms with Crippen LogP contribution in [-0.4, -0.2) is 25.4 Å². The number of aromatic amines is 1. The molecule has 3 aromatic heterocycles. The van der Waals surface area contributed by atoms with E-state index in [2.05, 4.69) is 20.3 Å². The molecule has 5 rings (SSSR count). The van der Waals surface area contributed by atoms with Gasteiger partial charge in [0.05, 0.1) is 18.4 Å². The molecule has 0 fully saturated rings. The maximum absolute atomic E-state index is 14.6. The third-order valence-electron chi connectivity index (χ3n) is 6.31. The summed E-state index contributed by atoms with van der Waals surface area (Å²) in [6, 6.07) is 16.5. The standard InChI is InChI=1S/C29H25F2N5O2/c30-21-9-10-24(31)23(14-21)27-17-33-26(8-4-7-19-5-2-1-3-6-19)29(38)36(27)18-28(37)34-16-22-13-20-15-32-12-11-25(20)35-22/h1-3,5-6,9-15,17,35H,4,7-8,16,18H2,(H,34,37). The van der Waals surface area contributed by atoms with Crippen LogP contribution >= 0.6 is 0 Å². The minimum absolute atomic E-state index is 0.0330. The van der Waals surface area contributed by atoms with Gasteiger partial charge in [-0.1, -0.05) is 30.3 Å². The molecule has 0 aliphatic rings. The first-order valence-corrected chi connectivity index (χ1v) is 12.2. The van der Waals surface area contributed by atoms with Gasteiger partial charge in [0.2, 0.25) is 5.91 Å². The molecule has 0 saturated heterocycles. The predicted octanol–water partition coefficient (Wildman–Crippen LogP) is 4.56. The molecule has 7 nitrogen and oxygen atoms in total. The summed E-state index contributed by atoms with van der Waals surface area (Å²) in [7, 11) is 0. The summed E-state index contributed by atoms with van der Waals surface area (Å²) in [5.41, 5.74) is 2.44. The number of pyridine rings is 1. The van der Waals surface area contributed by atoms with E-state index in [9.17, 15) is 18.4 Å². The normalized spacial score (nSPS) is 11.1. The van der Waals surface area contributed by atoms with Crippen molar-refractivity contribution in [3.05, 3.63) is 118 Å². The van der Waals surface area contributed by atoms with Crippen molar-refractivity contribution in [2.75, 3.05) is 0 Å². The van der Waals surface area contributed by atoms with Gasteiger partial charge in [0, 0.05) is 34.6 Å². The van der Waals surface area contributed by atoms with Gasteiger partial charge in [-0.25, -0.2) is 8.78 Å². The van der Waals surface area contributed by atoms with Gasteiger partial charge in [0.15, 0.2) is 0 Å². The third-order valence-corrected chi connectivity index (χ3v) is 6.31. The Labute approximate surface area is 217 Å². The lowest BCUT2D eigenvalue weighted by Crippen LogP contribution is -2.35. The van der Waals surface area contributed by atoms with Crippen LogP contribution in [0.25, 0.3) is 22.2 Å². The molecule has 0 aliphatic heterocycles. The Balaban J connectivity index is 1.38. The highest BCUT2D eigenvalue weighted by Crippen LogP contribution is 2.23. The molecule has 9 heteroatoms. The van der Waals surface area contributed by atoms with E-state index in [1.54, 1.807) is 12.4 Å². The Kier molecular flexibility index (Phi) is 7.35. The van der Waals surface area contributed by atoms with Gasteiger partial charge in [0.1, 0.15) is 23.9 Å². The van der Waals surface area contributed by atoms with E-state index < -0.39 is 23.1 Å². The second-order valence-corrected chi connectivity index (χ2v) is 8.98. The molecule has 1 amide bonds. The lowest BCUT2D eigenvalue weighted by Gasteiger charge is -2.15. The summed E-state index contributed by atoms with van der Waals surface area (Å²) in [4.78, 5) is 37.9. The number of carbonyl (C=O) groups excluding carboxylic acids is 1. The van der Waals surface area contributed by atoms with E-state index >= 15 is 0 Å². The van der Waals surface area contributed by atoms with Crippen LogP contribution in [0.5, 0.6) is 0 Å². The van der Waals surface area contributed by atoms with E-state index in [-0.39, 0.29) is 30.0 Å². The fraction of sp³-hybridized carbons (Fsp3) is 0.172. The molecule has 0 atom stereocenters. The molecular weight excluding hydrogens is 488 g/mol. The van der Waals surface area contributed by atoms with Gasteiger partial charge in [-0.3, -0.25) is 24.1 Å². The molecule has 2 N–H and O–H groups in total. The number of H-pyrrole nitrogens is 1. The van der Waals surface area contributed by atoms with Crippen LogP contribution in [0.2, 0.25) is 0 Å². The topological polar surface area (TPSA) is 92.7 Å². The van der Waals surface area contributed by atoms with Crippen LogP contribution in [0.1, 0.15) is 23.4 Å². The van der Waals surface area contributed by atoms with Crippen molar-refractivity contribution in [1.82, 2.24) is 24.8 Å². The van der Waals surface area contributed by atoms with Crippen molar-refractivity contribution in [2.45, 2.75) is 32.4 Å². The second kappa shape index (κ2) is 11.2. The van der Waals surface area contributed by atoms with Crippen molar-refractivity contribution in [2.24, 2.45) is 0 Å². The number of aromatic nitrogens is 4. The van der Waals surface area contributed by atoms with E-state index in [1.165, 1.54) is 6.20 Å². The highest BCUT2D eigenvalue weighted by atomic mass is 19.1. The fourth-order valence-corrected chi connectivity index (χ4v) is 4.39. The monoisotopic (exact) mass is 513 g/mol. The number of benzene rings is 2. The van der Waals surface area contributed by atoms with Crippen LogP contribution in [0.4, 0.5) is 8.78 Å². The van der Waals surface area contributed by atoms with Crippen molar-refractivity contribution in [3.63, 3.8) is 0 Å². The molecule has 3 heterocycles. The number of nitrogens with zero attached hydrogens (tertiary/aromatic N) is 3. The summed E-state index contributed by atoms with van der Waals surface area (Å²) < 4.78 is 29.8. The predicted molar refractivity (Wildman–Crippen MR) is 140 cm³/mol. The van der Waals surface area contributed by atoms with Crippen LogP contribution in [0, 0.1) is 11.6 Å².